The Morgan fingerprint density at radius 3 is 1.59 bits per heavy atom. The number of nitrogens with zero attached hydrogens (tertiary/aromatic N) is 2. The summed E-state index contributed by atoms with van der Waals surface area (Å²) in [7, 11) is 0. The second-order valence-electron chi connectivity index (χ2n) is 9.09. The summed E-state index contributed by atoms with van der Waals surface area (Å²) in [5, 5.41) is 0.735. The number of oxazole rings is 1. The van der Waals surface area contributed by atoms with Gasteiger partial charge in [0.1, 0.15) is 0 Å². The standard InChI is InChI=1S/C35H25ClN2O/c36-30-21-15-27(16-22-30)12-11-26-13-17-29(18-14-26)35-37-25-34(39-35)28-19-23-33(24-20-28)38(31-7-3-1-4-8-31)32-9-5-2-6-10-32/h1-25H/b12-11-. The van der Waals surface area contributed by atoms with E-state index in [0.717, 1.165) is 50.1 Å². The van der Waals surface area contributed by atoms with Gasteiger partial charge in [0.05, 0.1) is 6.20 Å². The van der Waals surface area contributed by atoms with Crippen LogP contribution in [0.2, 0.25) is 5.02 Å². The molecule has 0 saturated carbocycles. The Balaban J connectivity index is 1.20. The predicted octanol–water partition coefficient (Wildman–Crippen LogP) is 10.3. The summed E-state index contributed by atoms with van der Waals surface area (Å²) >= 11 is 5.97. The number of hydrogen-bond donors (Lipinski definition) is 0. The second kappa shape index (κ2) is 11.3. The maximum Gasteiger partial charge on any atom is 0.226 e. The van der Waals surface area contributed by atoms with Gasteiger partial charge in [-0.15, -0.1) is 0 Å². The summed E-state index contributed by atoms with van der Waals surface area (Å²) in [6, 6.07) is 45.0. The Kier molecular flexibility index (Phi) is 7.07. The average molecular weight is 525 g/mol. The minimum absolute atomic E-state index is 0.595. The number of rotatable bonds is 7. The normalized spacial score (nSPS) is 11.1. The number of benzene rings is 5. The van der Waals surface area contributed by atoms with E-state index in [2.05, 4.69) is 107 Å². The van der Waals surface area contributed by atoms with Crippen molar-refractivity contribution in [3.8, 4) is 22.8 Å². The van der Waals surface area contributed by atoms with Gasteiger partial charge < -0.3 is 9.32 Å². The Labute approximate surface area is 233 Å². The van der Waals surface area contributed by atoms with Crippen LogP contribution in [0, 0.1) is 0 Å². The van der Waals surface area contributed by atoms with Crippen LogP contribution in [-0.4, -0.2) is 4.98 Å². The van der Waals surface area contributed by atoms with Gasteiger partial charge in [-0.05, 0) is 83.9 Å². The molecule has 0 saturated heterocycles. The maximum atomic E-state index is 6.15. The van der Waals surface area contributed by atoms with Gasteiger partial charge in [-0.3, -0.25) is 0 Å². The van der Waals surface area contributed by atoms with Crippen molar-refractivity contribution in [2.45, 2.75) is 0 Å². The third kappa shape index (κ3) is 5.69. The zero-order valence-corrected chi connectivity index (χ0v) is 21.9. The molecule has 0 unspecified atom stereocenters. The molecule has 0 N–H and O–H groups in total. The van der Waals surface area contributed by atoms with E-state index in [-0.39, 0.29) is 0 Å². The van der Waals surface area contributed by atoms with Crippen LogP contribution >= 0.6 is 11.6 Å². The molecule has 6 aromatic rings. The number of aromatic nitrogens is 1. The van der Waals surface area contributed by atoms with E-state index in [1.165, 1.54) is 0 Å². The van der Waals surface area contributed by atoms with E-state index in [0.29, 0.717) is 5.89 Å². The first-order chi connectivity index (χ1) is 19.2. The van der Waals surface area contributed by atoms with Crippen molar-refractivity contribution in [2.24, 2.45) is 0 Å². The lowest BCUT2D eigenvalue weighted by molar-refractivity contribution is 0.589. The first kappa shape index (κ1) is 24.5. The number of halogens is 1. The third-order valence-electron chi connectivity index (χ3n) is 6.44. The van der Waals surface area contributed by atoms with Crippen LogP contribution < -0.4 is 4.90 Å². The molecule has 0 spiro atoms. The van der Waals surface area contributed by atoms with Crippen LogP contribution in [0.3, 0.4) is 0 Å². The smallest absolute Gasteiger partial charge is 0.226 e. The number of hydrogen-bond acceptors (Lipinski definition) is 3. The van der Waals surface area contributed by atoms with Crippen molar-refractivity contribution in [1.29, 1.82) is 0 Å². The number of anilines is 3. The molecule has 0 amide bonds. The molecule has 0 aliphatic rings. The van der Waals surface area contributed by atoms with E-state index in [9.17, 15) is 0 Å². The van der Waals surface area contributed by atoms with Gasteiger partial charge in [0.2, 0.25) is 5.89 Å². The quantitative estimate of drug-likeness (QED) is 0.194. The average Bonchev–Trinajstić information content (AvgIpc) is 3.49. The van der Waals surface area contributed by atoms with Gasteiger partial charge in [-0.1, -0.05) is 84.4 Å². The summed E-state index contributed by atoms with van der Waals surface area (Å²) in [5.74, 6) is 1.33. The van der Waals surface area contributed by atoms with Crippen molar-refractivity contribution >= 4 is 40.8 Å². The maximum absolute atomic E-state index is 6.15. The van der Waals surface area contributed by atoms with Gasteiger partial charge >= 0.3 is 0 Å². The highest BCUT2D eigenvalue weighted by Crippen LogP contribution is 2.35. The van der Waals surface area contributed by atoms with Crippen LogP contribution in [0.1, 0.15) is 11.1 Å². The number of para-hydroxylation sites is 2. The molecule has 39 heavy (non-hydrogen) atoms. The minimum Gasteiger partial charge on any atom is -0.436 e. The molecular formula is C35H25ClN2O. The zero-order chi connectivity index (χ0) is 26.4. The second-order valence-corrected chi connectivity index (χ2v) is 9.53. The van der Waals surface area contributed by atoms with Crippen LogP contribution in [0.4, 0.5) is 17.1 Å². The Hall–Kier alpha value is -4.86. The third-order valence-corrected chi connectivity index (χ3v) is 6.69. The van der Waals surface area contributed by atoms with E-state index in [1.807, 2.05) is 48.5 Å². The fourth-order valence-corrected chi connectivity index (χ4v) is 4.55. The fraction of sp³-hybridized carbons (Fsp3) is 0. The van der Waals surface area contributed by atoms with Crippen LogP contribution in [0.15, 0.2) is 144 Å². The summed E-state index contributed by atoms with van der Waals surface area (Å²) in [6.45, 7) is 0. The highest BCUT2D eigenvalue weighted by Gasteiger charge is 2.13. The largest absolute Gasteiger partial charge is 0.436 e. The highest BCUT2D eigenvalue weighted by atomic mass is 35.5. The molecule has 1 aromatic heterocycles. The Morgan fingerprint density at radius 2 is 1.03 bits per heavy atom. The van der Waals surface area contributed by atoms with E-state index in [4.69, 9.17) is 16.0 Å². The minimum atomic E-state index is 0.595. The lowest BCUT2D eigenvalue weighted by atomic mass is 10.1. The van der Waals surface area contributed by atoms with Crippen LogP contribution in [-0.2, 0) is 0 Å². The van der Waals surface area contributed by atoms with Gasteiger partial charge in [-0.2, -0.15) is 0 Å². The summed E-state index contributed by atoms with van der Waals surface area (Å²) < 4.78 is 6.15. The first-order valence-corrected chi connectivity index (χ1v) is 13.1. The lowest BCUT2D eigenvalue weighted by Gasteiger charge is -2.25. The lowest BCUT2D eigenvalue weighted by Crippen LogP contribution is -2.09. The van der Waals surface area contributed by atoms with Crippen molar-refractivity contribution < 1.29 is 4.42 Å². The topological polar surface area (TPSA) is 29.3 Å². The molecule has 6 rings (SSSR count). The molecule has 0 fully saturated rings. The fourth-order valence-electron chi connectivity index (χ4n) is 4.42. The molecular weight excluding hydrogens is 500 g/mol. The molecule has 0 bridgehead atoms. The molecule has 188 valence electrons. The van der Waals surface area contributed by atoms with Crippen molar-refractivity contribution in [2.75, 3.05) is 4.90 Å². The molecule has 4 heteroatoms. The Morgan fingerprint density at radius 1 is 0.538 bits per heavy atom. The van der Waals surface area contributed by atoms with Crippen molar-refractivity contribution in [3.05, 3.63) is 156 Å². The van der Waals surface area contributed by atoms with Gasteiger partial charge in [0.15, 0.2) is 5.76 Å². The molecule has 0 radical (unpaired) electrons. The molecule has 3 nitrogen and oxygen atoms in total. The van der Waals surface area contributed by atoms with Crippen molar-refractivity contribution in [3.63, 3.8) is 0 Å². The SMILES string of the molecule is Clc1ccc(/C=C\c2ccc(-c3ncc(-c4ccc(N(c5ccccc5)c5ccccc5)cc4)o3)cc2)cc1. The Bertz CT molecular complexity index is 1630. The molecule has 1 heterocycles. The summed E-state index contributed by atoms with van der Waals surface area (Å²) in [5.41, 5.74) is 7.37. The monoisotopic (exact) mass is 524 g/mol. The van der Waals surface area contributed by atoms with Crippen LogP contribution in [0.5, 0.6) is 0 Å². The first-order valence-electron chi connectivity index (χ1n) is 12.7. The van der Waals surface area contributed by atoms with Gasteiger partial charge in [-0.25, -0.2) is 4.98 Å². The molecule has 5 aromatic carbocycles. The van der Waals surface area contributed by atoms with Gasteiger partial charge in [0.25, 0.3) is 0 Å². The van der Waals surface area contributed by atoms with Gasteiger partial charge in [0, 0.05) is 33.2 Å². The van der Waals surface area contributed by atoms with E-state index < -0.39 is 0 Å². The van der Waals surface area contributed by atoms with Crippen LogP contribution in [0.25, 0.3) is 34.9 Å². The summed E-state index contributed by atoms with van der Waals surface area (Å²) in [6.07, 6.45) is 5.92. The molecule has 0 atom stereocenters. The highest BCUT2D eigenvalue weighted by molar-refractivity contribution is 6.30. The molecule has 0 aliphatic carbocycles. The molecule has 0 aliphatic heterocycles. The predicted molar refractivity (Wildman–Crippen MR) is 162 cm³/mol. The summed E-state index contributed by atoms with van der Waals surface area (Å²) in [4.78, 5) is 6.77. The van der Waals surface area contributed by atoms with E-state index >= 15 is 0 Å². The zero-order valence-electron chi connectivity index (χ0n) is 21.1. The van der Waals surface area contributed by atoms with E-state index in [1.54, 1.807) is 6.20 Å². The van der Waals surface area contributed by atoms with Crippen molar-refractivity contribution in [1.82, 2.24) is 4.98 Å².